The molecule has 0 atom stereocenters. The van der Waals surface area contributed by atoms with E-state index in [2.05, 4.69) is 4.98 Å². The average Bonchev–Trinajstić information content (AvgIpc) is 2.38. The summed E-state index contributed by atoms with van der Waals surface area (Å²) in [5, 5.41) is 10.7. The van der Waals surface area contributed by atoms with E-state index in [0.29, 0.717) is 11.1 Å². The first kappa shape index (κ1) is 12.0. The highest BCUT2D eigenvalue weighted by Crippen LogP contribution is 2.31. The molecule has 2 rings (SSSR count). The van der Waals surface area contributed by atoms with Crippen molar-refractivity contribution in [3.05, 3.63) is 52.5 Å². The van der Waals surface area contributed by atoms with Gasteiger partial charge in [-0.3, -0.25) is 10.1 Å². The van der Waals surface area contributed by atoms with Gasteiger partial charge < -0.3 is 4.74 Å². The van der Waals surface area contributed by atoms with E-state index >= 15 is 0 Å². The minimum absolute atomic E-state index is 0.171. The summed E-state index contributed by atoms with van der Waals surface area (Å²) in [5.41, 5.74) is 0.685. The zero-order valence-corrected chi connectivity index (χ0v) is 9.46. The summed E-state index contributed by atoms with van der Waals surface area (Å²) in [6.45, 7) is 0. The van der Waals surface area contributed by atoms with Crippen molar-refractivity contribution < 1.29 is 14.1 Å². The van der Waals surface area contributed by atoms with Crippen LogP contribution in [0.1, 0.15) is 0 Å². The summed E-state index contributed by atoms with van der Waals surface area (Å²) in [6.07, 6.45) is 1.10. The number of ether oxygens (including phenoxy) is 1. The first-order valence-corrected chi connectivity index (χ1v) is 5.06. The lowest BCUT2D eigenvalue weighted by molar-refractivity contribution is -0.385. The van der Waals surface area contributed by atoms with Gasteiger partial charge >= 0.3 is 0 Å². The quantitative estimate of drug-likeness (QED) is 0.618. The van der Waals surface area contributed by atoms with Crippen LogP contribution in [0.3, 0.4) is 0 Å². The van der Waals surface area contributed by atoms with Gasteiger partial charge in [-0.1, -0.05) is 12.1 Å². The fourth-order valence-corrected chi connectivity index (χ4v) is 1.57. The Morgan fingerprint density at radius 2 is 2.17 bits per heavy atom. The number of nitro groups is 1. The standard InChI is InChI=1S/C12H9FN2O3/c1-18-12-11(6-10(7-14-12)15(16)17)8-3-2-4-9(13)5-8/h2-7H,1H3. The van der Waals surface area contributed by atoms with Gasteiger partial charge in [0, 0.05) is 6.07 Å². The second-order valence-corrected chi connectivity index (χ2v) is 3.52. The maximum atomic E-state index is 13.2. The second-order valence-electron chi connectivity index (χ2n) is 3.52. The normalized spacial score (nSPS) is 10.1. The molecular formula is C12H9FN2O3. The number of aromatic nitrogens is 1. The molecular weight excluding hydrogens is 239 g/mol. The lowest BCUT2D eigenvalue weighted by atomic mass is 10.1. The van der Waals surface area contributed by atoms with Crippen molar-refractivity contribution in [1.29, 1.82) is 0 Å². The molecule has 0 saturated carbocycles. The van der Waals surface area contributed by atoms with Gasteiger partial charge in [-0.2, -0.15) is 0 Å². The Morgan fingerprint density at radius 3 is 2.78 bits per heavy atom. The Labute approximate surface area is 102 Å². The third-order valence-electron chi connectivity index (χ3n) is 2.38. The predicted molar refractivity (Wildman–Crippen MR) is 62.8 cm³/mol. The van der Waals surface area contributed by atoms with Crippen molar-refractivity contribution >= 4 is 5.69 Å². The minimum atomic E-state index is -0.560. The number of hydrogen-bond donors (Lipinski definition) is 0. The van der Waals surface area contributed by atoms with Gasteiger partial charge in [0.15, 0.2) is 0 Å². The second kappa shape index (κ2) is 4.79. The molecule has 1 aromatic carbocycles. The number of halogens is 1. The van der Waals surface area contributed by atoms with Crippen molar-refractivity contribution in [1.82, 2.24) is 4.98 Å². The smallest absolute Gasteiger partial charge is 0.288 e. The molecule has 1 aromatic heterocycles. The van der Waals surface area contributed by atoms with Gasteiger partial charge in [0.2, 0.25) is 5.88 Å². The van der Waals surface area contributed by atoms with Crippen LogP contribution in [0, 0.1) is 15.9 Å². The molecule has 0 N–H and O–H groups in total. The molecule has 0 fully saturated rings. The van der Waals surface area contributed by atoms with Gasteiger partial charge in [0.1, 0.15) is 12.0 Å². The van der Waals surface area contributed by atoms with Crippen LogP contribution in [-0.2, 0) is 0 Å². The van der Waals surface area contributed by atoms with E-state index in [1.165, 1.54) is 31.4 Å². The SMILES string of the molecule is COc1ncc([N+](=O)[O-])cc1-c1cccc(F)c1. The van der Waals surface area contributed by atoms with Crippen LogP contribution in [0.15, 0.2) is 36.5 Å². The van der Waals surface area contributed by atoms with E-state index in [-0.39, 0.29) is 11.6 Å². The molecule has 18 heavy (non-hydrogen) atoms. The molecule has 0 aliphatic rings. The Bertz CT molecular complexity index is 602. The summed E-state index contributed by atoms with van der Waals surface area (Å²) in [6, 6.07) is 7.01. The fraction of sp³-hybridized carbons (Fsp3) is 0.0833. The molecule has 92 valence electrons. The van der Waals surface area contributed by atoms with Crippen LogP contribution in [0.4, 0.5) is 10.1 Å². The number of rotatable bonds is 3. The van der Waals surface area contributed by atoms with Crippen LogP contribution in [-0.4, -0.2) is 17.0 Å². The lowest BCUT2D eigenvalue weighted by Crippen LogP contribution is -1.95. The van der Waals surface area contributed by atoms with Crippen LogP contribution < -0.4 is 4.74 Å². The number of benzene rings is 1. The van der Waals surface area contributed by atoms with Gasteiger partial charge in [-0.15, -0.1) is 0 Å². The van der Waals surface area contributed by atoms with Crippen LogP contribution in [0.25, 0.3) is 11.1 Å². The third-order valence-corrected chi connectivity index (χ3v) is 2.38. The Balaban J connectivity index is 2.60. The van der Waals surface area contributed by atoms with Crippen LogP contribution in [0.5, 0.6) is 5.88 Å². The van der Waals surface area contributed by atoms with Gasteiger partial charge in [-0.25, -0.2) is 9.37 Å². The molecule has 0 spiro atoms. The van der Waals surface area contributed by atoms with Crippen molar-refractivity contribution in [2.75, 3.05) is 7.11 Å². The topological polar surface area (TPSA) is 65.3 Å². The Morgan fingerprint density at radius 1 is 1.39 bits per heavy atom. The lowest BCUT2D eigenvalue weighted by Gasteiger charge is -2.07. The maximum absolute atomic E-state index is 13.2. The first-order chi connectivity index (χ1) is 8.61. The number of methoxy groups -OCH3 is 1. The molecule has 6 heteroatoms. The van der Waals surface area contributed by atoms with Crippen LogP contribution >= 0.6 is 0 Å². The summed E-state index contributed by atoms with van der Waals surface area (Å²) in [7, 11) is 1.40. The van der Waals surface area contributed by atoms with Gasteiger partial charge in [0.05, 0.1) is 17.6 Å². The highest BCUT2D eigenvalue weighted by atomic mass is 19.1. The average molecular weight is 248 g/mol. The van der Waals surface area contributed by atoms with E-state index in [1.54, 1.807) is 6.07 Å². The highest BCUT2D eigenvalue weighted by Gasteiger charge is 2.14. The Hall–Kier alpha value is -2.50. The Kier molecular flexibility index (Phi) is 3.18. The zero-order valence-electron chi connectivity index (χ0n) is 9.46. The van der Waals surface area contributed by atoms with E-state index in [1.807, 2.05) is 0 Å². The zero-order chi connectivity index (χ0) is 13.1. The molecule has 0 unspecified atom stereocenters. The monoisotopic (exact) mass is 248 g/mol. The number of pyridine rings is 1. The molecule has 0 amide bonds. The maximum Gasteiger partial charge on any atom is 0.288 e. The predicted octanol–water partition coefficient (Wildman–Crippen LogP) is 2.80. The van der Waals surface area contributed by atoms with Crippen molar-refractivity contribution in [3.63, 3.8) is 0 Å². The highest BCUT2D eigenvalue weighted by molar-refractivity contribution is 5.70. The largest absolute Gasteiger partial charge is 0.481 e. The van der Waals surface area contributed by atoms with Crippen molar-refractivity contribution in [2.24, 2.45) is 0 Å². The third kappa shape index (κ3) is 2.27. The molecule has 1 heterocycles. The van der Waals surface area contributed by atoms with Gasteiger partial charge in [0.25, 0.3) is 5.69 Å². The molecule has 0 aliphatic heterocycles. The molecule has 5 nitrogen and oxygen atoms in total. The summed E-state index contributed by atoms with van der Waals surface area (Å²) in [5.74, 6) is -0.216. The fourth-order valence-electron chi connectivity index (χ4n) is 1.57. The summed E-state index contributed by atoms with van der Waals surface area (Å²) in [4.78, 5) is 14.0. The number of hydrogen-bond acceptors (Lipinski definition) is 4. The molecule has 0 saturated heterocycles. The van der Waals surface area contributed by atoms with Crippen molar-refractivity contribution in [2.45, 2.75) is 0 Å². The van der Waals surface area contributed by atoms with E-state index in [4.69, 9.17) is 4.74 Å². The van der Waals surface area contributed by atoms with E-state index < -0.39 is 10.7 Å². The van der Waals surface area contributed by atoms with E-state index in [0.717, 1.165) is 6.20 Å². The summed E-state index contributed by atoms with van der Waals surface area (Å²) < 4.78 is 18.2. The molecule has 0 aliphatic carbocycles. The minimum Gasteiger partial charge on any atom is -0.481 e. The van der Waals surface area contributed by atoms with Crippen LogP contribution in [0.2, 0.25) is 0 Å². The van der Waals surface area contributed by atoms with Gasteiger partial charge in [-0.05, 0) is 17.7 Å². The first-order valence-electron chi connectivity index (χ1n) is 5.06. The van der Waals surface area contributed by atoms with Crippen molar-refractivity contribution in [3.8, 4) is 17.0 Å². The summed E-state index contributed by atoms with van der Waals surface area (Å²) >= 11 is 0. The van der Waals surface area contributed by atoms with E-state index in [9.17, 15) is 14.5 Å². The molecule has 0 bridgehead atoms. The molecule has 0 radical (unpaired) electrons. The molecule has 2 aromatic rings. The number of nitrogens with zero attached hydrogens (tertiary/aromatic N) is 2.